The lowest BCUT2D eigenvalue weighted by atomic mass is 9.68. The van der Waals surface area contributed by atoms with Crippen molar-refractivity contribution in [2.45, 2.75) is 5.41 Å². The van der Waals surface area contributed by atoms with Gasteiger partial charge in [0.05, 0.1) is 17.0 Å². The smallest absolute Gasteiger partial charge is 0.165 e. The van der Waals surface area contributed by atoms with Gasteiger partial charge in [-0.15, -0.1) is 11.3 Å². The summed E-state index contributed by atoms with van der Waals surface area (Å²) in [4.78, 5) is 15.2. The van der Waals surface area contributed by atoms with Crippen molar-refractivity contribution in [2.75, 3.05) is 0 Å². The summed E-state index contributed by atoms with van der Waals surface area (Å²) in [5, 5.41) is 11.8. The second-order valence-electron chi connectivity index (χ2n) is 16.5. The highest BCUT2D eigenvalue weighted by molar-refractivity contribution is 7.26. The maximum atomic E-state index is 9.62. The van der Waals surface area contributed by atoms with Crippen LogP contribution in [0.15, 0.2) is 206 Å². The molecule has 64 heavy (non-hydrogen) atoms. The zero-order chi connectivity index (χ0) is 42.4. The Kier molecular flexibility index (Phi) is 8.02. The number of hydrogen-bond acceptors (Lipinski definition) is 5. The zero-order valence-corrected chi connectivity index (χ0v) is 35.1. The molecule has 0 saturated carbocycles. The fourth-order valence-electron chi connectivity index (χ4n) is 10.4. The van der Waals surface area contributed by atoms with E-state index in [9.17, 15) is 5.26 Å². The van der Waals surface area contributed by atoms with Gasteiger partial charge < -0.3 is 0 Å². The van der Waals surface area contributed by atoms with Gasteiger partial charge in [-0.25, -0.2) is 15.0 Å². The van der Waals surface area contributed by atoms with Gasteiger partial charge in [-0.2, -0.15) is 5.26 Å². The molecule has 296 valence electrons. The van der Waals surface area contributed by atoms with Crippen molar-refractivity contribution in [3.05, 3.63) is 234 Å². The zero-order valence-electron chi connectivity index (χ0n) is 34.3. The van der Waals surface area contributed by atoms with Gasteiger partial charge in [-0.3, -0.25) is 0 Å². The number of benzene rings is 9. The molecule has 0 atom stereocenters. The number of hydrogen-bond donors (Lipinski definition) is 0. The summed E-state index contributed by atoms with van der Waals surface area (Å²) < 4.78 is 2.20. The van der Waals surface area contributed by atoms with Gasteiger partial charge in [0, 0.05) is 36.9 Å². The van der Waals surface area contributed by atoms with Crippen LogP contribution < -0.4 is 0 Å². The Balaban J connectivity index is 0.886. The molecule has 5 heteroatoms. The van der Waals surface area contributed by atoms with Gasteiger partial charge in [-0.05, 0) is 91.0 Å². The Bertz CT molecular complexity index is 3670. The first-order valence-electron chi connectivity index (χ1n) is 21.5. The van der Waals surface area contributed by atoms with Crippen molar-refractivity contribution >= 4 is 31.5 Å². The quantitative estimate of drug-likeness (QED) is 0.173. The van der Waals surface area contributed by atoms with Crippen LogP contribution in [0.25, 0.3) is 98.8 Å². The van der Waals surface area contributed by atoms with Crippen LogP contribution in [-0.4, -0.2) is 15.0 Å². The predicted molar refractivity (Wildman–Crippen MR) is 261 cm³/mol. The van der Waals surface area contributed by atoms with Crippen LogP contribution >= 0.6 is 11.3 Å². The van der Waals surface area contributed by atoms with Gasteiger partial charge in [0.25, 0.3) is 0 Å². The molecule has 0 N–H and O–H groups in total. The standard InChI is InChI=1S/C59H34N4S/c60-35-36-24-33-53-49(34-36)47-19-11-20-48(55(47)64-53)58-62-56(40-12-2-1-3-13-40)61-57(63-58)41-31-27-38(28-32-41)37-25-29-39(30-26-37)42-17-10-18-46-45-16-6-9-23-52(45)59(54(42)46)50-21-7-4-14-43(50)44-15-5-8-22-51(44)59/h1-34H. The van der Waals surface area contributed by atoms with Crippen LogP contribution in [0.5, 0.6) is 0 Å². The van der Waals surface area contributed by atoms with E-state index in [1.165, 1.54) is 55.6 Å². The molecular formula is C59H34N4S. The minimum absolute atomic E-state index is 0.411. The van der Waals surface area contributed by atoms with E-state index < -0.39 is 5.41 Å². The highest BCUT2D eigenvalue weighted by Gasteiger charge is 2.52. The number of fused-ring (bicyclic) bond motifs is 13. The first kappa shape index (κ1) is 36.4. The summed E-state index contributed by atoms with van der Waals surface area (Å²) in [6.07, 6.45) is 0. The van der Waals surface area contributed by atoms with E-state index in [2.05, 4.69) is 158 Å². The number of thiophene rings is 1. The van der Waals surface area contributed by atoms with Gasteiger partial charge in [0.2, 0.25) is 0 Å². The fourth-order valence-corrected chi connectivity index (χ4v) is 11.6. The van der Waals surface area contributed by atoms with Crippen molar-refractivity contribution in [2.24, 2.45) is 0 Å². The molecule has 2 heterocycles. The van der Waals surface area contributed by atoms with Gasteiger partial charge in [-0.1, -0.05) is 182 Å². The molecule has 13 rings (SSSR count). The number of nitrogens with zero attached hydrogens (tertiary/aromatic N) is 4. The number of aromatic nitrogens is 3. The largest absolute Gasteiger partial charge is 0.208 e. The van der Waals surface area contributed by atoms with E-state index in [1.807, 2.05) is 54.6 Å². The first-order valence-corrected chi connectivity index (χ1v) is 22.3. The van der Waals surface area contributed by atoms with Gasteiger partial charge in [0.1, 0.15) is 0 Å². The molecule has 1 spiro atoms. The number of rotatable bonds is 5. The molecule has 0 radical (unpaired) electrons. The topological polar surface area (TPSA) is 62.5 Å². The molecule has 0 unspecified atom stereocenters. The SMILES string of the molecule is N#Cc1ccc2sc3c(-c4nc(-c5ccccc5)nc(-c5ccc(-c6ccc(-c7cccc8c7C7(c9ccccc9-c9ccccc97)c7ccccc7-8)cc6)cc5)n4)cccc3c2c1. The second-order valence-corrected chi connectivity index (χ2v) is 17.6. The molecular weight excluding hydrogens is 797 g/mol. The summed E-state index contributed by atoms with van der Waals surface area (Å²) in [6.45, 7) is 0. The van der Waals surface area contributed by atoms with Crippen LogP contribution in [0.2, 0.25) is 0 Å². The number of nitriles is 1. The average molecular weight is 831 g/mol. The summed E-state index contributed by atoms with van der Waals surface area (Å²) in [7, 11) is 0. The second kappa shape index (κ2) is 14.1. The van der Waals surface area contributed by atoms with Crippen molar-refractivity contribution in [3.63, 3.8) is 0 Å². The van der Waals surface area contributed by atoms with Crippen LogP contribution in [0.4, 0.5) is 0 Å². The van der Waals surface area contributed by atoms with E-state index in [4.69, 9.17) is 15.0 Å². The van der Waals surface area contributed by atoms with Crippen LogP contribution in [0, 0.1) is 11.3 Å². The fraction of sp³-hybridized carbons (Fsp3) is 0.0169. The van der Waals surface area contributed by atoms with Gasteiger partial charge in [0.15, 0.2) is 17.5 Å². The highest BCUT2D eigenvalue weighted by Crippen LogP contribution is 2.64. The summed E-state index contributed by atoms with van der Waals surface area (Å²) in [6, 6.07) is 75.9. The molecule has 0 amide bonds. The average Bonchev–Trinajstić information content (AvgIpc) is 4.00. The van der Waals surface area contributed by atoms with Crippen LogP contribution in [0.1, 0.15) is 27.8 Å². The van der Waals surface area contributed by atoms with E-state index in [1.54, 1.807) is 11.3 Å². The minimum atomic E-state index is -0.411. The van der Waals surface area contributed by atoms with Crippen molar-refractivity contribution < 1.29 is 0 Å². The van der Waals surface area contributed by atoms with E-state index >= 15 is 0 Å². The minimum Gasteiger partial charge on any atom is -0.208 e. The Hall–Kier alpha value is -8.30. The van der Waals surface area contributed by atoms with E-state index in [0.29, 0.717) is 23.0 Å². The maximum absolute atomic E-state index is 9.62. The summed E-state index contributed by atoms with van der Waals surface area (Å²) >= 11 is 1.70. The molecule has 2 aromatic heterocycles. The molecule has 0 bridgehead atoms. The molecule has 9 aromatic carbocycles. The lowest BCUT2D eigenvalue weighted by Gasteiger charge is -2.32. The molecule has 2 aliphatic rings. The third kappa shape index (κ3) is 5.30. The predicted octanol–water partition coefficient (Wildman–Crippen LogP) is 14.8. The Morgan fingerprint density at radius 3 is 1.50 bits per heavy atom. The molecule has 4 nitrogen and oxygen atoms in total. The van der Waals surface area contributed by atoms with Crippen molar-refractivity contribution in [1.82, 2.24) is 15.0 Å². The van der Waals surface area contributed by atoms with Crippen molar-refractivity contribution in [1.29, 1.82) is 5.26 Å². The molecule has 11 aromatic rings. The Morgan fingerprint density at radius 1 is 0.375 bits per heavy atom. The molecule has 0 fully saturated rings. The Morgan fingerprint density at radius 2 is 0.859 bits per heavy atom. The Labute approximate surface area is 374 Å². The third-order valence-corrected chi connectivity index (χ3v) is 14.4. The third-order valence-electron chi connectivity index (χ3n) is 13.2. The van der Waals surface area contributed by atoms with Gasteiger partial charge >= 0.3 is 0 Å². The molecule has 2 aliphatic carbocycles. The van der Waals surface area contributed by atoms with Crippen LogP contribution in [-0.2, 0) is 5.41 Å². The van der Waals surface area contributed by atoms with E-state index in [0.717, 1.165) is 48.0 Å². The van der Waals surface area contributed by atoms with Crippen molar-refractivity contribution in [3.8, 4) is 84.7 Å². The summed E-state index contributed by atoms with van der Waals surface area (Å²) in [5.41, 5.74) is 18.3. The normalized spacial score (nSPS) is 12.8. The van der Waals surface area contributed by atoms with Crippen LogP contribution in [0.3, 0.4) is 0 Å². The molecule has 0 saturated heterocycles. The maximum Gasteiger partial charge on any atom is 0.165 e. The monoisotopic (exact) mass is 830 g/mol. The van der Waals surface area contributed by atoms with E-state index in [-0.39, 0.29) is 0 Å². The highest BCUT2D eigenvalue weighted by atomic mass is 32.1. The lowest BCUT2D eigenvalue weighted by Crippen LogP contribution is -2.26. The summed E-state index contributed by atoms with van der Waals surface area (Å²) in [5.74, 6) is 1.84. The molecule has 0 aliphatic heterocycles. The lowest BCUT2D eigenvalue weighted by molar-refractivity contribution is 0.796. The first-order chi connectivity index (χ1) is 31.7.